The minimum atomic E-state index is -0.287. The van der Waals surface area contributed by atoms with E-state index in [4.69, 9.17) is 16.3 Å². The van der Waals surface area contributed by atoms with E-state index in [0.717, 1.165) is 41.3 Å². The van der Waals surface area contributed by atoms with Crippen molar-refractivity contribution < 1.29 is 14.3 Å². The van der Waals surface area contributed by atoms with Crippen LogP contribution in [0.2, 0.25) is 5.02 Å². The molecule has 1 heterocycles. The minimum Gasteiger partial charge on any atom is -0.487 e. The van der Waals surface area contributed by atoms with Gasteiger partial charge in [-0.3, -0.25) is 14.5 Å². The molecule has 4 rings (SSSR count). The highest BCUT2D eigenvalue weighted by Crippen LogP contribution is 2.35. The molecule has 3 aromatic carbocycles. The molecule has 0 atom stereocenters. The molecular formula is C25H18ClI2NO3S. The van der Waals surface area contributed by atoms with Crippen LogP contribution in [0.3, 0.4) is 0 Å². The van der Waals surface area contributed by atoms with Crippen LogP contribution in [0, 0.1) is 14.1 Å². The number of hydrogen-bond acceptors (Lipinski definition) is 4. The second kappa shape index (κ2) is 10.8. The molecule has 0 N–H and O–H groups in total. The molecule has 168 valence electrons. The summed E-state index contributed by atoms with van der Waals surface area (Å²) in [5, 5.41) is 0.340. The zero-order valence-corrected chi connectivity index (χ0v) is 23.4. The SMILES string of the molecule is Cc1cccc(COc2c(I)cc(/C=C3\SC(=O)N(Cc4ccc(Cl)cc4)C3=O)cc2I)c1. The van der Waals surface area contributed by atoms with Gasteiger partial charge in [0, 0.05) is 5.02 Å². The molecule has 1 aliphatic heterocycles. The first-order valence-corrected chi connectivity index (χ1v) is 13.3. The number of benzene rings is 3. The summed E-state index contributed by atoms with van der Waals surface area (Å²) in [5.74, 6) is 0.524. The van der Waals surface area contributed by atoms with Gasteiger partial charge < -0.3 is 4.74 Å². The maximum atomic E-state index is 12.9. The largest absolute Gasteiger partial charge is 0.487 e. The lowest BCUT2D eigenvalue weighted by molar-refractivity contribution is -0.123. The van der Waals surface area contributed by atoms with E-state index in [1.807, 2.05) is 36.4 Å². The summed E-state index contributed by atoms with van der Waals surface area (Å²) in [6.45, 7) is 2.76. The second-order valence-electron chi connectivity index (χ2n) is 7.49. The lowest BCUT2D eigenvalue weighted by atomic mass is 10.1. The van der Waals surface area contributed by atoms with E-state index in [1.54, 1.807) is 18.2 Å². The van der Waals surface area contributed by atoms with Gasteiger partial charge in [0.1, 0.15) is 12.4 Å². The fraction of sp³-hybridized carbons (Fsp3) is 0.120. The molecule has 0 bridgehead atoms. The number of carbonyl (C=O) groups is 2. The Morgan fingerprint density at radius 2 is 1.70 bits per heavy atom. The van der Waals surface area contributed by atoms with E-state index in [2.05, 4.69) is 64.2 Å². The molecule has 0 spiro atoms. The molecule has 4 nitrogen and oxygen atoms in total. The number of aryl methyl sites for hydroxylation is 1. The predicted molar refractivity (Wildman–Crippen MR) is 150 cm³/mol. The van der Waals surface area contributed by atoms with Gasteiger partial charge in [0.15, 0.2) is 0 Å². The lowest BCUT2D eigenvalue weighted by Crippen LogP contribution is -2.27. The van der Waals surface area contributed by atoms with Crippen molar-refractivity contribution in [1.82, 2.24) is 4.90 Å². The first-order chi connectivity index (χ1) is 15.8. The molecule has 33 heavy (non-hydrogen) atoms. The number of halogens is 3. The highest BCUT2D eigenvalue weighted by molar-refractivity contribution is 14.1. The van der Waals surface area contributed by atoms with Gasteiger partial charge in [0.05, 0.1) is 18.6 Å². The summed E-state index contributed by atoms with van der Waals surface area (Å²) in [6.07, 6.45) is 1.77. The number of ether oxygens (including phenoxy) is 1. The molecule has 3 aromatic rings. The van der Waals surface area contributed by atoms with Crippen LogP contribution >= 0.6 is 68.5 Å². The Balaban J connectivity index is 1.49. The Morgan fingerprint density at radius 3 is 2.36 bits per heavy atom. The molecule has 1 saturated heterocycles. The molecule has 1 aliphatic rings. The van der Waals surface area contributed by atoms with Gasteiger partial charge in [-0.05, 0) is 111 Å². The quantitative estimate of drug-likeness (QED) is 0.196. The summed E-state index contributed by atoms with van der Waals surface area (Å²) in [5.41, 5.74) is 4.01. The van der Waals surface area contributed by atoms with Crippen molar-refractivity contribution >= 4 is 85.8 Å². The highest BCUT2D eigenvalue weighted by Gasteiger charge is 2.35. The van der Waals surface area contributed by atoms with Crippen molar-refractivity contribution in [1.29, 1.82) is 0 Å². The smallest absolute Gasteiger partial charge is 0.293 e. The van der Waals surface area contributed by atoms with Crippen molar-refractivity contribution in [3.63, 3.8) is 0 Å². The maximum Gasteiger partial charge on any atom is 0.293 e. The number of rotatable bonds is 6. The van der Waals surface area contributed by atoms with E-state index in [9.17, 15) is 9.59 Å². The molecule has 8 heteroatoms. The van der Waals surface area contributed by atoms with Gasteiger partial charge in [0.2, 0.25) is 0 Å². The molecule has 0 aromatic heterocycles. The van der Waals surface area contributed by atoms with Gasteiger partial charge in [-0.2, -0.15) is 0 Å². The summed E-state index contributed by atoms with van der Waals surface area (Å²) in [4.78, 5) is 27.0. The third-order valence-electron chi connectivity index (χ3n) is 4.91. The number of carbonyl (C=O) groups excluding carboxylic acids is 2. The topological polar surface area (TPSA) is 46.6 Å². The van der Waals surface area contributed by atoms with Crippen LogP contribution < -0.4 is 4.74 Å². The Labute approximate surface area is 229 Å². The molecule has 2 amide bonds. The van der Waals surface area contributed by atoms with Crippen LogP contribution in [0.15, 0.2) is 65.6 Å². The highest BCUT2D eigenvalue weighted by atomic mass is 127. The molecule has 1 fully saturated rings. The van der Waals surface area contributed by atoms with Crippen molar-refractivity contribution in [2.45, 2.75) is 20.1 Å². The normalized spacial score (nSPS) is 14.9. The van der Waals surface area contributed by atoms with Crippen LogP contribution in [0.1, 0.15) is 22.3 Å². The standard InChI is InChI=1S/C25H18ClI2NO3S/c1-15-3-2-4-17(9-15)14-32-23-20(27)10-18(11-21(23)28)12-22-24(30)29(25(31)33-22)13-16-5-7-19(26)8-6-16/h2-12H,13-14H2,1H3/b22-12-. The van der Waals surface area contributed by atoms with Crippen molar-refractivity contribution in [2.24, 2.45) is 0 Å². The number of thioether (sulfide) groups is 1. The number of hydrogen-bond donors (Lipinski definition) is 0. The summed E-state index contributed by atoms with van der Waals surface area (Å²) in [6, 6.07) is 19.3. The Morgan fingerprint density at radius 1 is 1.00 bits per heavy atom. The third kappa shape index (κ3) is 6.12. The lowest BCUT2D eigenvalue weighted by Gasteiger charge is -2.13. The average molecular weight is 702 g/mol. The monoisotopic (exact) mass is 701 g/mol. The van der Waals surface area contributed by atoms with E-state index >= 15 is 0 Å². The van der Waals surface area contributed by atoms with Crippen LogP contribution in [0.4, 0.5) is 4.79 Å². The van der Waals surface area contributed by atoms with Crippen LogP contribution in [-0.2, 0) is 17.9 Å². The van der Waals surface area contributed by atoms with Gasteiger partial charge in [-0.1, -0.05) is 53.6 Å². The average Bonchev–Trinajstić information content (AvgIpc) is 3.02. The van der Waals surface area contributed by atoms with Crippen molar-refractivity contribution in [3.8, 4) is 5.75 Å². The molecule has 0 unspecified atom stereocenters. The number of nitrogens with zero attached hydrogens (tertiary/aromatic N) is 1. The van der Waals surface area contributed by atoms with E-state index in [1.165, 1.54) is 10.5 Å². The van der Waals surface area contributed by atoms with Gasteiger partial charge >= 0.3 is 0 Å². The summed E-state index contributed by atoms with van der Waals surface area (Å²) in [7, 11) is 0. The van der Waals surface area contributed by atoms with Crippen LogP contribution in [0.25, 0.3) is 6.08 Å². The zero-order valence-electron chi connectivity index (χ0n) is 17.5. The van der Waals surface area contributed by atoms with E-state index in [-0.39, 0.29) is 17.7 Å². The third-order valence-corrected chi connectivity index (χ3v) is 7.67. The fourth-order valence-electron chi connectivity index (χ4n) is 3.32. The number of amides is 2. The fourth-order valence-corrected chi connectivity index (χ4v) is 6.41. The molecular weight excluding hydrogens is 684 g/mol. The molecule has 0 aliphatic carbocycles. The predicted octanol–water partition coefficient (Wildman–Crippen LogP) is 7.67. The molecule has 0 radical (unpaired) electrons. The Hall–Kier alpha value is -1.56. The number of imide groups is 1. The van der Waals surface area contributed by atoms with E-state index < -0.39 is 0 Å². The Kier molecular flexibility index (Phi) is 8.03. The van der Waals surface area contributed by atoms with E-state index in [0.29, 0.717) is 16.5 Å². The van der Waals surface area contributed by atoms with Crippen molar-refractivity contribution in [2.75, 3.05) is 0 Å². The van der Waals surface area contributed by atoms with Gasteiger partial charge in [0.25, 0.3) is 11.1 Å². The first kappa shape index (κ1) is 24.6. The zero-order chi connectivity index (χ0) is 23.5. The minimum absolute atomic E-state index is 0.222. The maximum absolute atomic E-state index is 12.9. The molecule has 0 saturated carbocycles. The summed E-state index contributed by atoms with van der Waals surface area (Å²) >= 11 is 11.4. The van der Waals surface area contributed by atoms with Gasteiger partial charge in [-0.25, -0.2) is 0 Å². The van der Waals surface area contributed by atoms with Crippen molar-refractivity contribution in [3.05, 3.63) is 100.0 Å². The summed E-state index contributed by atoms with van der Waals surface area (Å²) < 4.78 is 7.97. The van der Waals surface area contributed by atoms with Crippen LogP contribution in [-0.4, -0.2) is 16.0 Å². The second-order valence-corrected chi connectivity index (χ2v) is 11.2. The van der Waals surface area contributed by atoms with Gasteiger partial charge in [-0.15, -0.1) is 0 Å². The van der Waals surface area contributed by atoms with Crippen LogP contribution in [0.5, 0.6) is 5.75 Å². The Bertz CT molecular complexity index is 1240. The first-order valence-electron chi connectivity index (χ1n) is 9.97.